The van der Waals surface area contributed by atoms with Gasteiger partial charge in [-0.3, -0.25) is 9.78 Å². The Morgan fingerprint density at radius 1 is 1.54 bits per heavy atom. The van der Waals surface area contributed by atoms with Gasteiger partial charge >= 0.3 is 0 Å². The van der Waals surface area contributed by atoms with E-state index in [4.69, 9.17) is 0 Å². The summed E-state index contributed by atoms with van der Waals surface area (Å²) >= 11 is 1.62. The first-order chi connectivity index (χ1) is 6.34. The van der Waals surface area contributed by atoms with Crippen LogP contribution in [0, 0.1) is 0 Å². The number of hydrogen-bond donors (Lipinski definition) is 1. The number of hydrogen-bond acceptors (Lipinski definition) is 4. The Kier molecular flexibility index (Phi) is 2.40. The lowest BCUT2D eigenvalue weighted by atomic mass is 10.3. The zero-order chi connectivity index (χ0) is 9.10. The van der Waals surface area contributed by atoms with Crippen molar-refractivity contribution in [3.63, 3.8) is 0 Å². The third-order valence-electron chi connectivity index (χ3n) is 1.95. The average molecular weight is 194 g/mol. The van der Waals surface area contributed by atoms with Crippen molar-refractivity contribution in [3.05, 3.63) is 28.4 Å². The second-order valence-electron chi connectivity index (χ2n) is 2.96. The Morgan fingerprint density at radius 3 is 3.08 bits per heavy atom. The Balaban J connectivity index is 1.87. The molecule has 0 aromatic carbocycles. The number of carbonyl (C=O) groups excluding carboxylic acids is 1. The number of nitrogens with one attached hydrogen (secondary N) is 1. The topological polar surface area (TPSA) is 42.0 Å². The number of carbonyl (C=O) groups is 1. The highest BCUT2D eigenvalue weighted by Gasteiger charge is 2.10. The number of thiazole rings is 1. The van der Waals surface area contributed by atoms with Gasteiger partial charge < -0.3 is 5.32 Å². The van der Waals surface area contributed by atoms with Gasteiger partial charge in [0.15, 0.2) is 5.78 Å². The fourth-order valence-corrected chi connectivity index (χ4v) is 1.80. The quantitative estimate of drug-likeness (QED) is 0.792. The summed E-state index contributed by atoms with van der Waals surface area (Å²) in [6.45, 7) is 0.782. The standard InChI is InChI=1S/C9H10N2OS/c12-8-2-1-7(3-8)11-5-9-4-10-6-13-9/h3-4,6,11H,1-2,5H2. The normalized spacial score (nSPS) is 16.0. The third-order valence-corrected chi connectivity index (χ3v) is 2.73. The minimum Gasteiger partial charge on any atom is -0.383 e. The van der Waals surface area contributed by atoms with E-state index in [1.54, 1.807) is 17.4 Å². The molecule has 0 unspecified atom stereocenters. The van der Waals surface area contributed by atoms with Crippen LogP contribution < -0.4 is 5.32 Å². The van der Waals surface area contributed by atoms with Gasteiger partial charge in [-0.05, 0) is 6.42 Å². The SMILES string of the molecule is O=C1C=C(NCc2cncs2)CC1. The summed E-state index contributed by atoms with van der Waals surface area (Å²) in [5.41, 5.74) is 2.86. The summed E-state index contributed by atoms with van der Waals surface area (Å²) < 4.78 is 0. The van der Waals surface area contributed by atoms with E-state index >= 15 is 0 Å². The largest absolute Gasteiger partial charge is 0.383 e. The molecule has 0 radical (unpaired) electrons. The third kappa shape index (κ3) is 2.15. The fraction of sp³-hybridized carbons (Fsp3) is 0.333. The molecule has 68 valence electrons. The van der Waals surface area contributed by atoms with Crippen LogP contribution in [0.15, 0.2) is 23.5 Å². The molecule has 1 aromatic heterocycles. The molecule has 4 heteroatoms. The molecule has 13 heavy (non-hydrogen) atoms. The lowest BCUT2D eigenvalue weighted by molar-refractivity contribution is -0.114. The molecule has 2 rings (SSSR count). The van der Waals surface area contributed by atoms with E-state index in [0.717, 1.165) is 18.7 Å². The molecule has 0 aliphatic heterocycles. The molecule has 0 spiro atoms. The van der Waals surface area contributed by atoms with Crippen LogP contribution in [0.1, 0.15) is 17.7 Å². The number of allylic oxidation sites excluding steroid dienone is 2. The molecule has 0 amide bonds. The van der Waals surface area contributed by atoms with Gasteiger partial charge in [0.25, 0.3) is 0 Å². The van der Waals surface area contributed by atoms with E-state index in [0.29, 0.717) is 6.42 Å². The predicted octanol–water partition coefficient (Wildman–Crippen LogP) is 1.48. The fourth-order valence-electron chi connectivity index (χ4n) is 1.27. The Bertz CT molecular complexity index is 329. The molecule has 0 saturated carbocycles. The zero-order valence-electron chi connectivity index (χ0n) is 7.12. The van der Waals surface area contributed by atoms with Gasteiger partial charge in [0.05, 0.1) is 12.1 Å². The van der Waals surface area contributed by atoms with Gasteiger partial charge in [-0.25, -0.2) is 0 Å². The number of aromatic nitrogens is 1. The van der Waals surface area contributed by atoms with E-state index in [-0.39, 0.29) is 5.78 Å². The molecule has 0 saturated heterocycles. The molecule has 1 aromatic rings. The van der Waals surface area contributed by atoms with Crippen LogP contribution in [0.2, 0.25) is 0 Å². The van der Waals surface area contributed by atoms with Crippen molar-refractivity contribution in [2.45, 2.75) is 19.4 Å². The van der Waals surface area contributed by atoms with Crippen molar-refractivity contribution in [1.82, 2.24) is 10.3 Å². The number of ketones is 1. The van der Waals surface area contributed by atoms with Crippen molar-refractivity contribution in [2.24, 2.45) is 0 Å². The minimum atomic E-state index is 0.229. The highest BCUT2D eigenvalue weighted by Crippen LogP contribution is 2.13. The molecule has 0 fully saturated rings. The molecule has 0 bridgehead atoms. The molecule has 1 aliphatic rings. The van der Waals surface area contributed by atoms with Crippen molar-refractivity contribution in [2.75, 3.05) is 0 Å². The van der Waals surface area contributed by atoms with Gasteiger partial charge in [0.2, 0.25) is 0 Å². The van der Waals surface area contributed by atoms with Crippen LogP contribution in [0.3, 0.4) is 0 Å². The van der Waals surface area contributed by atoms with Crippen molar-refractivity contribution in [3.8, 4) is 0 Å². The smallest absolute Gasteiger partial charge is 0.157 e. The maximum atomic E-state index is 10.9. The van der Waals surface area contributed by atoms with E-state index < -0.39 is 0 Å². The van der Waals surface area contributed by atoms with Gasteiger partial charge in [0.1, 0.15) is 0 Å². The molecule has 3 nitrogen and oxygen atoms in total. The Morgan fingerprint density at radius 2 is 2.46 bits per heavy atom. The van der Waals surface area contributed by atoms with E-state index in [9.17, 15) is 4.79 Å². The summed E-state index contributed by atoms with van der Waals surface area (Å²) in [6.07, 6.45) is 5.05. The van der Waals surface area contributed by atoms with Gasteiger partial charge in [-0.2, -0.15) is 0 Å². The first-order valence-electron chi connectivity index (χ1n) is 4.19. The highest BCUT2D eigenvalue weighted by molar-refractivity contribution is 7.09. The Hall–Kier alpha value is -1.16. The van der Waals surface area contributed by atoms with Crippen molar-refractivity contribution < 1.29 is 4.79 Å². The molecular weight excluding hydrogens is 184 g/mol. The summed E-state index contributed by atoms with van der Waals surface area (Å²) in [7, 11) is 0. The van der Waals surface area contributed by atoms with Gasteiger partial charge in [-0.1, -0.05) is 0 Å². The molecular formula is C9H10N2OS. The second-order valence-corrected chi connectivity index (χ2v) is 3.93. The lowest BCUT2D eigenvalue weighted by Crippen LogP contribution is -2.09. The van der Waals surface area contributed by atoms with Crippen LogP contribution in [0.4, 0.5) is 0 Å². The van der Waals surface area contributed by atoms with E-state index in [2.05, 4.69) is 10.3 Å². The van der Waals surface area contributed by atoms with Crippen LogP contribution >= 0.6 is 11.3 Å². The second kappa shape index (κ2) is 3.70. The lowest BCUT2D eigenvalue weighted by Gasteiger charge is -2.02. The molecule has 1 N–H and O–H groups in total. The highest BCUT2D eigenvalue weighted by atomic mass is 32.1. The monoisotopic (exact) mass is 194 g/mol. The van der Waals surface area contributed by atoms with Crippen molar-refractivity contribution in [1.29, 1.82) is 0 Å². The van der Waals surface area contributed by atoms with Crippen LogP contribution in [-0.4, -0.2) is 10.8 Å². The average Bonchev–Trinajstić information content (AvgIpc) is 2.71. The van der Waals surface area contributed by atoms with Crippen LogP contribution in [-0.2, 0) is 11.3 Å². The summed E-state index contributed by atoms with van der Waals surface area (Å²) in [5, 5.41) is 3.23. The van der Waals surface area contributed by atoms with Crippen LogP contribution in [0.5, 0.6) is 0 Å². The molecule has 0 atom stereocenters. The summed E-state index contributed by atoms with van der Waals surface area (Å²) in [6, 6.07) is 0. The van der Waals surface area contributed by atoms with E-state index in [1.165, 1.54) is 4.88 Å². The maximum absolute atomic E-state index is 10.9. The van der Waals surface area contributed by atoms with Gasteiger partial charge in [0, 0.05) is 29.3 Å². The van der Waals surface area contributed by atoms with Crippen molar-refractivity contribution >= 4 is 17.1 Å². The summed E-state index contributed by atoms with van der Waals surface area (Å²) in [4.78, 5) is 16.1. The van der Waals surface area contributed by atoms with E-state index in [1.807, 2.05) is 11.7 Å². The maximum Gasteiger partial charge on any atom is 0.157 e. The molecule has 1 heterocycles. The van der Waals surface area contributed by atoms with Crippen LogP contribution in [0.25, 0.3) is 0 Å². The number of nitrogens with zero attached hydrogens (tertiary/aromatic N) is 1. The number of rotatable bonds is 3. The zero-order valence-corrected chi connectivity index (χ0v) is 7.93. The first-order valence-corrected chi connectivity index (χ1v) is 5.07. The summed E-state index contributed by atoms with van der Waals surface area (Å²) in [5.74, 6) is 0.229. The van der Waals surface area contributed by atoms with Gasteiger partial charge in [-0.15, -0.1) is 11.3 Å². The predicted molar refractivity (Wildman–Crippen MR) is 51.3 cm³/mol. The minimum absolute atomic E-state index is 0.229. The Labute approximate surface area is 80.5 Å². The molecule has 1 aliphatic carbocycles. The first kappa shape index (κ1) is 8.44.